The van der Waals surface area contributed by atoms with Crippen LogP contribution in [0.5, 0.6) is 5.75 Å². The van der Waals surface area contributed by atoms with E-state index in [2.05, 4.69) is 31.0 Å². The third kappa shape index (κ3) is 4.46. The first-order chi connectivity index (χ1) is 12.2. The predicted molar refractivity (Wildman–Crippen MR) is 93.3 cm³/mol. The van der Waals surface area contributed by atoms with Crippen LogP contribution in [0.4, 0.5) is 19.0 Å². The number of carbonyl (C=O) groups is 1. The van der Waals surface area contributed by atoms with Crippen molar-refractivity contribution in [2.75, 3.05) is 19.5 Å². The molecule has 1 aromatic carbocycles. The highest BCUT2D eigenvalue weighted by Gasteiger charge is 2.36. The highest BCUT2D eigenvalue weighted by atomic mass is 79.9. The molecule has 0 bridgehead atoms. The van der Waals surface area contributed by atoms with Crippen molar-refractivity contribution in [1.29, 1.82) is 0 Å². The van der Waals surface area contributed by atoms with Gasteiger partial charge in [-0.05, 0) is 31.2 Å². The number of methoxy groups -OCH3 is 2. The van der Waals surface area contributed by atoms with E-state index in [0.717, 1.165) is 17.8 Å². The van der Waals surface area contributed by atoms with E-state index in [0.29, 0.717) is 17.4 Å². The normalized spacial score (nSPS) is 12.4. The van der Waals surface area contributed by atoms with Crippen molar-refractivity contribution in [2.45, 2.75) is 19.1 Å². The molecule has 0 amide bonds. The highest BCUT2D eigenvalue weighted by Crippen LogP contribution is 2.37. The van der Waals surface area contributed by atoms with Crippen LogP contribution < -0.4 is 10.1 Å². The maximum absolute atomic E-state index is 13.4. The number of nitrogens with zero attached hydrogens (tertiary/aromatic N) is 1. The fraction of sp³-hybridized carbons (Fsp3) is 0.294. The number of hydrogen-bond donors (Lipinski definition) is 1. The largest absolute Gasteiger partial charge is 0.496 e. The molecule has 1 aromatic heterocycles. The van der Waals surface area contributed by atoms with Crippen LogP contribution in [0.15, 0.2) is 34.9 Å². The first-order valence-electron chi connectivity index (χ1n) is 7.43. The lowest BCUT2D eigenvalue weighted by atomic mass is 10.1. The summed E-state index contributed by atoms with van der Waals surface area (Å²) in [5.41, 5.74) is -0.687. The summed E-state index contributed by atoms with van der Waals surface area (Å²) in [7, 11) is 2.56. The molecule has 0 radical (unpaired) electrons. The zero-order valence-corrected chi connectivity index (χ0v) is 15.7. The van der Waals surface area contributed by atoms with E-state index in [1.807, 2.05) is 0 Å². The second kappa shape index (κ2) is 7.94. The van der Waals surface area contributed by atoms with E-state index < -0.39 is 23.8 Å². The predicted octanol–water partition coefficient (Wildman–Crippen LogP) is 4.83. The summed E-state index contributed by atoms with van der Waals surface area (Å²) < 4.78 is 50.6. The Hall–Kier alpha value is -2.29. The van der Waals surface area contributed by atoms with Gasteiger partial charge in [0.05, 0.1) is 31.4 Å². The summed E-state index contributed by atoms with van der Waals surface area (Å²) in [6.45, 7) is 1.68. The molecular weight excluding hydrogens is 417 g/mol. The molecule has 0 saturated heterocycles. The van der Waals surface area contributed by atoms with Gasteiger partial charge in [0.15, 0.2) is 0 Å². The summed E-state index contributed by atoms with van der Waals surface area (Å²) in [5, 5.41) is 2.74. The minimum Gasteiger partial charge on any atom is -0.496 e. The molecular formula is C17H16BrF3N2O3. The molecule has 1 N–H and O–H groups in total. The minimum absolute atomic E-state index is 0.280. The van der Waals surface area contributed by atoms with Gasteiger partial charge in [-0.1, -0.05) is 15.9 Å². The molecule has 0 aliphatic carbocycles. The number of alkyl halides is 3. The Kier molecular flexibility index (Phi) is 6.12. The zero-order chi connectivity index (χ0) is 19.5. The van der Waals surface area contributed by atoms with Crippen LogP contribution in [-0.4, -0.2) is 25.2 Å². The number of nitrogens with one attached hydrogen (secondary N) is 1. The third-order valence-electron chi connectivity index (χ3n) is 3.63. The Morgan fingerprint density at radius 3 is 2.54 bits per heavy atom. The Morgan fingerprint density at radius 2 is 1.96 bits per heavy atom. The fourth-order valence-corrected chi connectivity index (χ4v) is 2.73. The smallest absolute Gasteiger partial charge is 0.419 e. The molecule has 0 aliphatic rings. The molecule has 2 rings (SSSR count). The molecule has 1 unspecified atom stereocenters. The van der Waals surface area contributed by atoms with Crippen molar-refractivity contribution >= 4 is 27.7 Å². The van der Waals surface area contributed by atoms with Crippen molar-refractivity contribution in [2.24, 2.45) is 0 Å². The van der Waals surface area contributed by atoms with E-state index in [9.17, 15) is 18.0 Å². The van der Waals surface area contributed by atoms with Crippen molar-refractivity contribution in [3.8, 4) is 5.75 Å². The van der Waals surface area contributed by atoms with Crippen molar-refractivity contribution in [3.63, 3.8) is 0 Å². The Labute approximate surface area is 156 Å². The number of ether oxygens (including phenoxy) is 2. The van der Waals surface area contributed by atoms with Gasteiger partial charge in [0.25, 0.3) is 0 Å². The molecule has 1 heterocycles. The van der Waals surface area contributed by atoms with Crippen LogP contribution in [0, 0.1) is 0 Å². The van der Waals surface area contributed by atoms with Gasteiger partial charge < -0.3 is 14.8 Å². The summed E-state index contributed by atoms with van der Waals surface area (Å²) in [5.74, 6) is -0.760. The maximum Gasteiger partial charge on any atom is 0.419 e. The molecule has 0 saturated carbocycles. The first kappa shape index (κ1) is 20.0. The van der Waals surface area contributed by atoms with E-state index in [1.54, 1.807) is 25.1 Å². The lowest BCUT2D eigenvalue weighted by Crippen LogP contribution is -2.17. The second-order valence-electron chi connectivity index (χ2n) is 5.36. The number of benzene rings is 1. The number of anilines is 1. The number of halogens is 4. The van der Waals surface area contributed by atoms with Crippen LogP contribution in [-0.2, 0) is 10.9 Å². The summed E-state index contributed by atoms with van der Waals surface area (Å²) in [6, 6.07) is 5.38. The lowest BCUT2D eigenvalue weighted by molar-refractivity contribution is -0.137. The Morgan fingerprint density at radius 1 is 1.27 bits per heavy atom. The molecule has 5 nitrogen and oxygen atoms in total. The van der Waals surface area contributed by atoms with Gasteiger partial charge in [0, 0.05) is 16.2 Å². The standard InChI is InChI=1S/C17H16BrF3N2O3/c1-9(12-7-11(18)4-5-14(12)25-2)23-15-13(17(19,20)21)6-10(8-22-15)16(24)26-3/h4-9H,1-3H3,(H,22,23). The van der Waals surface area contributed by atoms with Gasteiger partial charge in [0.2, 0.25) is 0 Å². The topological polar surface area (TPSA) is 60.5 Å². The molecule has 0 fully saturated rings. The number of esters is 1. The lowest BCUT2D eigenvalue weighted by Gasteiger charge is -2.21. The molecule has 1 atom stereocenters. The fourth-order valence-electron chi connectivity index (χ4n) is 2.35. The van der Waals surface area contributed by atoms with Crippen molar-refractivity contribution in [3.05, 3.63) is 51.6 Å². The monoisotopic (exact) mass is 432 g/mol. The first-order valence-corrected chi connectivity index (χ1v) is 8.22. The maximum atomic E-state index is 13.4. The Balaban J connectivity index is 2.42. The molecule has 9 heteroatoms. The van der Waals surface area contributed by atoms with Crippen LogP contribution in [0.1, 0.15) is 34.5 Å². The summed E-state index contributed by atoms with van der Waals surface area (Å²) >= 11 is 3.33. The molecule has 0 aliphatic heterocycles. The molecule has 2 aromatic rings. The summed E-state index contributed by atoms with van der Waals surface area (Å²) in [4.78, 5) is 15.3. The highest BCUT2D eigenvalue weighted by molar-refractivity contribution is 9.10. The quantitative estimate of drug-likeness (QED) is 0.685. The van der Waals surface area contributed by atoms with Gasteiger partial charge in [-0.2, -0.15) is 13.2 Å². The van der Waals surface area contributed by atoms with Gasteiger partial charge in [0.1, 0.15) is 11.6 Å². The zero-order valence-electron chi connectivity index (χ0n) is 14.1. The van der Waals surface area contributed by atoms with Gasteiger partial charge >= 0.3 is 12.1 Å². The number of pyridine rings is 1. The minimum atomic E-state index is -4.69. The van der Waals surface area contributed by atoms with Crippen LogP contribution in [0.3, 0.4) is 0 Å². The van der Waals surface area contributed by atoms with Gasteiger partial charge in [-0.15, -0.1) is 0 Å². The third-order valence-corrected chi connectivity index (χ3v) is 4.12. The number of carbonyl (C=O) groups excluding carboxylic acids is 1. The number of aromatic nitrogens is 1. The average Bonchev–Trinajstić information content (AvgIpc) is 2.60. The van der Waals surface area contributed by atoms with Crippen LogP contribution >= 0.6 is 15.9 Å². The van der Waals surface area contributed by atoms with E-state index >= 15 is 0 Å². The molecule has 0 spiro atoms. The van der Waals surface area contributed by atoms with Gasteiger partial charge in [-0.3, -0.25) is 0 Å². The van der Waals surface area contributed by atoms with Crippen molar-refractivity contribution < 1.29 is 27.4 Å². The molecule has 140 valence electrons. The van der Waals surface area contributed by atoms with Crippen LogP contribution in [0.2, 0.25) is 0 Å². The number of rotatable bonds is 5. The number of hydrogen-bond acceptors (Lipinski definition) is 5. The Bertz CT molecular complexity index is 812. The SMILES string of the molecule is COC(=O)c1cnc(NC(C)c2cc(Br)ccc2OC)c(C(F)(F)F)c1. The summed E-state index contributed by atoms with van der Waals surface area (Å²) in [6.07, 6.45) is -3.66. The van der Waals surface area contributed by atoms with E-state index in [1.165, 1.54) is 7.11 Å². The second-order valence-corrected chi connectivity index (χ2v) is 6.28. The average molecular weight is 433 g/mol. The van der Waals surface area contributed by atoms with Crippen molar-refractivity contribution in [1.82, 2.24) is 4.98 Å². The molecule has 26 heavy (non-hydrogen) atoms. The van der Waals surface area contributed by atoms with E-state index in [-0.39, 0.29) is 11.4 Å². The van der Waals surface area contributed by atoms with Crippen LogP contribution in [0.25, 0.3) is 0 Å². The van der Waals surface area contributed by atoms with Gasteiger partial charge in [-0.25, -0.2) is 9.78 Å². The van der Waals surface area contributed by atoms with E-state index in [4.69, 9.17) is 4.74 Å².